The Morgan fingerprint density at radius 1 is 1.44 bits per heavy atom. The largest absolute Gasteiger partial charge is 0.480 e. The van der Waals surface area contributed by atoms with E-state index in [2.05, 4.69) is 4.74 Å². The molecule has 1 atom stereocenters. The average Bonchev–Trinajstić information content (AvgIpc) is 2.16. The van der Waals surface area contributed by atoms with Crippen LogP contribution >= 0.6 is 0 Å². The zero-order valence-electron chi connectivity index (χ0n) is 9.10. The van der Waals surface area contributed by atoms with Crippen molar-refractivity contribution in [3.63, 3.8) is 0 Å². The van der Waals surface area contributed by atoms with E-state index in [0.29, 0.717) is 0 Å². The second-order valence-electron chi connectivity index (χ2n) is 3.18. The summed E-state index contributed by atoms with van der Waals surface area (Å²) in [5.74, 6) is -2.06. The van der Waals surface area contributed by atoms with Gasteiger partial charge in [-0.15, -0.1) is 0 Å². The number of ether oxygens (including phenoxy) is 1. The van der Waals surface area contributed by atoms with Gasteiger partial charge in [-0.1, -0.05) is 0 Å². The Hall–Kier alpha value is -1.15. The Balaban J connectivity index is 4.07. The minimum atomic E-state index is -3.67. The number of sulfonamides is 1. The van der Waals surface area contributed by atoms with Crippen molar-refractivity contribution in [2.24, 2.45) is 0 Å². The second kappa shape index (κ2) is 6.44. The minimum absolute atomic E-state index is 0.0150. The van der Waals surface area contributed by atoms with Crippen molar-refractivity contribution in [1.29, 1.82) is 0 Å². The summed E-state index contributed by atoms with van der Waals surface area (Å²) in [5, 5.41) is 8.50. The number of hydrogen-bond acceptors (Lipinski definition) is 5. The molecule has 0 aromatic heterocycles. The number of carboxylic acids is 1. The first-order valence-corrected chi connectivity index (χ1v) is 6.23. The van der Waals surface area contributed by atoms with Crippen LogP contribution in [0.25, 0.3) is 0 Å². The molecule has 0 aliphatic carbocycles. The molecule has 1 unspecified atom stereocenters. The van der Waals surface area contributed by atoms with Gasteiger partial charge < -0.3 is 9.84 Å². The summed E-state index contributed by atoms with van der Waals surface area (Å²) >= 11 is 0. The molecule has 0 saturated heterocycles. The summed E-state index contributed by atoms with van der Waals surface area (Å²) in [6.45, 7) is 1.22. The van der Waals surface area contributed by atoms with Crippen molar-refractivity contribution in [3.8, 4) is 0 Å². The average molecular weight is 253 g/mol. The van der Waals surface area contributed by atoms with Gasteiger partial charge in [-0.25, -0.2) is 13.1 Å². The predicted molar refractivity (Wildman–Crippen MR) is 55.3 cm³/mol. The number of carboxylic acid groups (broad SMARTS) is 1. The van der Waals surface area contributed by atoms with Crippen molar-refractivity contribution >= 4 is 22.0 Å². The zero-order valence-corrected chi connectivity index (χ0v) is 9.91. The molecule has 0 fully saturated rings. The van der Waals surface area contributed by atoms with Gasteiger partial charge in [0.2, 0.25) is 10.0 Å². The third-order valence-electron chi connectivity index (χ3n) is 1.75. The van der Waals surface area contributed by atoms with Crippen LogP contribution in [-0.4, -0.2) is 44.4 Å². The quantitative estimate of drug-likeness (QED) is 0.582. The number of hydrogen-bond donors (Lipinski definition) is 2. The second-order valence-corrected chi connectivity index (χ2v) is 5.05. The summed E-state index contributed by atoms with van der Waals surface area (Å²) < 4.78 is 28.9. The van der Waals surface area contributed by atoms with E-state index in [1.165, 1.54) is 14.0 Å². The Kier molecular flexibility index (Phi) is 5.97. The van der Waals surface area contributed by atoms with Crippen LogP contribution in [0, 0.1) is 0 Å². The van der Waals surface area contributed by atoms with E-state index in [1.807, 2.05) is 4.72 Å². The van der Waals surface area contributed by atoms with Gasteiger partial charge in [0, 0.05) is 6.42 Å². The first kappa shape index (κ1) is 14.8. The molecule has 94 valence electrons. The molecule has 8 heteroatoms. The zero-order chi connectivity index (χ0) is 12.8. The number of aliphatic carboxylic acids is 1. The van der Waals surface area contributed by atoms with Gasteiger partial charge in [-0.2, -0.15) is 0 Å². The van der Waals surface area contributed by atoms with Crippen LogP contribution in [0.4, 0.5) is 0 Å². The van der Waals surface area contributed by atoms with Crippen LogP contribution < -0.4 is 4.72 Å². The van der Waals surface area contributed by atoms with E-state index in [-0.39, 0.29) is 18.6 Å². The topological polar surface area (TPSA) is 110 Å². The van der Waals surface area contributed by atoms with E-state index >= 15 is 0 Å². The molecule has 0 heterocycles. The van der Waals surface area contributed by atoms with E-state index in [4.69, 9.17) is 5.11 Å². The third kappa shape index (κ3) is 6.36. The number of carbonyl (C=O) groups is 2. The molecular formula is C8H15NO6S. The third-order valence-corrected chi connectivity index (χ3v) is 3.29. The Morgan fingerprint density at radius 2 is 2.00 bits per heavy atom. The van der Waals surface area contributed by atoms with E-state index in [1.54, 1.807) is 0 Å². The number of nitrogens with one attached hydrogen (secondary N) is 1. The van der Waals surface area contributed by atoms with Crippen LogP contribution in [0.1, 0.15) is 19.8 Å². The number of methoxy groups -OCH3 is 1. The lowest BCUT2D eigenvalue weighted by Gasteiger charge is -2.09. The fourth-order valence-electron chi connectivity index (χ4n) is 0.887. The Morgan fingerprint density at radius 3 is 2.44 bits per heavy atom. The highest BCUT2D eigenvalue weighted by molar-refractivity contribution is 7.89. The van der Waals surface area contributed by atoms with Crippen molar-refractivity contribution < 1.29 is 27.9 Å². The molecule has 0 radical (unpaired) electrons. The summed E-state index contributed by atoms with van der Waals surface area (Å²) in [7, 11) is -2.46. The summed E-state index contributed by atoms with van der Waals surface area (Å²) in [5.41, 5.74) is 0. The fraction of sp³-hybridized carbons (Fsp3) is 0.750. The standard InChI is InChI=1S/C8H15NO6S/c1-6(8(11)12)9-16(13,14)5-3-4-7(10)15-2/h6,9H,3-5H2,1-2H3,(H,11,12). The van der Waals surface area contributed by atoms with E-state index < -0.39 is 28.0 Å². The molecule has 0 amide bonds. The normalized spacial score (nSPS) is 13.1. The molecule has 0 rings (SSSR count). The van der Waals surface area contributed by atoms with Crippen molar-refractivity contribution in [2.75, 3.05) is 12.9 Å². The van der Waals surface area contributed by atoms with E-state index in [9.17, 15) is 18.0 Å². The van der Waals surface area contributed by atoms with Gasteiger partial charge in [-0.3, -0.25) is 9.59 Å². The van der Waals surface area contributed by atoms with Gasteiger partial charge in [0.15, 0.2) is 0 Å². The predicted octanol–water partition coefficient (Wildman–Crippen LogP) is -0.668. The smallest absolute Gasteiger partial charge is 0.321 e. The van der Waals surface area contributed by atoms with Gasteiger partial charge in [0.05, 0.1) is 12.9 Å². The first-order valence-electron chi connectivity index (χ1n) is 4.58. The molecule has 2 N–H and O–H groups in total. The maximum atomic E-state index is 11.3. The highest BCUT2D eigenvalue weighted by Crippen LogP contribution is 1.98. The van der Waals surface area contributed by atoms with E-state index in [0.717, 1.165) is 0 Å². The number of esters is 1. The van der Waals surface area contributed by atoms with Crippen LogP contribution in [0.15, 0.2) is 0 Å². The van der Waals surface area contributed by atoms with Gasteiger partial charge in [0.1, 0.15) is 6.04 Å². The summed E-state index contributed by atoms with van der Waals surface area (Å²) in [4.78, 5) is 21.1. The molecule has 0 aromatic rings. The first-order chi connectivity index (χ1) is 7.28. The molecule has 7 nitrogen and oxygen atoms in total. The summed E-state index contributed by atoms with van der Waals surface area (Å²) in [6.07, 6.45) is 0.0766. The minimum Gasteiger partial charge on any atom is -0.480 e. The fourth-order valence-corrected chi connectivity index (χ4v) is 2.17. The van der Waals surface area contributed by atoms with Crippen molar-refractivity contribution in [1.82, 2.24) is 4.72 Å². The van der Waals surface area contributed by atoms with Crippen LogP contribution in [0.2, 0.25) is 0 Å². The van der Waals surface area contributed by atoms with Crippen LogP contribution in [-0.2, 0) is 24.3 Å². The van der Waals surface area contributed by atoms with Crippen LogP contribution in [0.3, 0.4) is 0 Å². The molecule has 0 aromatic carbocycles. The van der Waals surface area contributed by atoms with Gasteiger partial charge in [-0.05, 0) is 13.3 Å². The summed E-state index contributed by atoms with van der Waals surface area (Å²) in [6, 6.07) is -1.18. The maximum Gasteiger partial charge on any atom is 0.321 e. The van der Waals surface area contributed by atoms with Crippen LogP contribution in [0.5, 0.6) is 0 Å². The Bertz CT molecular complexity index is 350. The lowest BCUT2D eigenvalue weighted by molar-refractivity contribution is -0.141. The molecular weight excluding hydrogens is 238 g/mol. The van der Waals surface area contributed by atoms with Gasteiger partial charge >= 0.3 is 11.9 Å². The lowest BCUT2D eigenvalue weighted by atomic mass is 10.3. The Labute approximate surface area is 93.8 Å². The molecule has 0 aliphatic rings. The molecule has 0 spiro atoms. The van der Waals surface area contributed by atoms with Crippen molar-refractivity contribution in [2.45, 2.75) is 25.8 Å². The molecule has 16 heavy (non-hydrogen) atoms. The molecule has 0 bridgehead atoms. The molecule has 0 saturated carbocycles. The van der Waals surface area contributed by atoms with Gasteiger partial charge in [0.25, 0.3) is 0 Å². The monoisotopic (exact) mass is 253 g/mol. The highest BCUT2D eigenvalue weighted by atomic mass is 32.2. The lowest BCUT2D eigenvalue weighted by Crippen LogP contribution is -2.39. The van der Waals surface area contributed by atoms with Crippen molar-refractivity contribution in [3.05, 3.63) is 0 Å². The molecule has 0 aliphatic heterocycles. The maximum absolute atomic E-state index is 11.3. The SMILES string of the molecule is COC(=O)CCCS(=O)(=O)NC(C)C(=O)O. The highest BCUT2D eigenvalue weighted by Gasteiger charge is 2.19. The number of carbonyl (C=O) groups excluding carboxylic acids is 1. The number of rotatable bonds is 7.